The molecule has 7 nitrogen and oxygen atoms in total. The van der Waals surface area contributed by atoms with Gasteiger partial charge in [-0.15, -0.1) is 0 Å². The normalized spacial score (nSPS) is 21.9. The number of hydrogen-bond donors (Lipinski definition) is 1. The zero-order chi connectivity index (χ0) is 24.8. The van der Waals surface area contributed by atoms with E-state index in [0.717, 1.165) is 22.1 Å². The SMILES string of the molecule is CC[C@@]1(C)C(=O)OCc2c1cc1n(c2=O)Cc2c-1nc1cc(F)c(C)c3c1c2[C@@H](NC(C)=O)CC3. The van der Waals surface area contributed by atoms with Crippen molar-refractivity contribution in [1.29, 1.82) is 0 Å². The molecule has 0 unspecified atom stereocenters. The Hall–Kier alpha value is -3.55. The number of pyridine rings is 2. The van der Waals surface area contributed by atoms with Crippen LogP contribution in [-0.4, -0.2) is 21.4 Å². The third-order valence-corrected chi connectivity index (χ3v) is 8.21. The Morgan fingerprint density at radius 2 is 2.06 bits per heavy atom. The van der Waals surface area contributed by atoms with Crippen LogP contribution >= 0.6 is 0 Å². The smallest absolute Gasteiger partial charge is 0.316 e. The minimum absolute atomic E-state index is 0.0510. The molecule has 1 aromatic carbocycles. The maximum Gasteiger partial charge on any atom is 0.316 e. The predicted molar refractivity (Wildman–Crippen MR) is 128 cm³/mol. The highest BCUT2D eigenvalue weighted by molar-refractivity contribution is 5.94. The maximum atomic E-state index is 14.9. The number of esters is 1. The number of aromatic nitrogens is 2. The molecule has 1 amide bonds. The summed E-state index contributed by atoms with van der Waals surface area (Å²) in [7, 11) is 0. The lowest BCUT2D eigenvalue weighted by molar-refractivity contribution is -0.153. The summed E-state index contributed by atoms with van der Waals surface area (Å²) in [6.45, 7) is 7.21. The van der Waals surface area contributed by atoms with E-state index in [1.54, 1.807) is 18.4 Å². The highest BCUT2D eigenvalue weighted by Crippen LogP contribution is 2.46. The van der Waals surface area contributed by atoms with Gasteiger partial charge in [-0.25, -0.2) is 9.37 Å². The summed E-state index contributed by atoms with van der Waals surface area (Å²) in [6.07, 6.45) is 1.76. The van der Waals surface area contributed by atoms with Gasteiger partial charge >= 0.3 is 5.97 Å². The molecule has 3 aliphatic rings. The van der Waals surface area contributed by atoms with Gasteiger partial charge in [-0.1, -0.05) is 6.92 Å². The van der Waals surface area contributed by atoms with Gasteiger partial charge in [-0.3, -0.25) is 14.4 Å². The largest absolute Gasteiger partial charge is 0.460 e. The minimum atomic E-state index is -0.925. The molecule has 0 bridgehead atoms. The zero-order valence-corrected chi connectivity index (χ0v) is 20.2. The number of nitrogens with zero attached hydrogens (tertiary/aromatic N) is 2. The molecule has 0 fully saturated rings. The second-order valence-corrected chi connectivity index (χ2v) is 10.1. The number of hydrogen-bond acceptors (Lipinski definition) is 5. The van der Waals surface area contributed by atoms with Crippen LogP contribution in [0, 0.1) is 12.7 Å². The van der Waals surface area contributed by atoms with E-state index < -0.39 is 5.41 Å². The van der Waals surface area contributed by atoms with Gasteiger partial charge in [0.15, 0.2) is 0 Å². The molecular weight excluding hydrogens is 449 g/mol. The lowest BCUT2D eigenvalue weighted by Crippen LogP contribution is -2.42. The summed E-state index contributed by atoms with van der Waals surface area (Å²) in [4.78, 5) is 43.2. The van der Waals surface area contributed by atoms with E-state index in [2.05, 4.69) is 5.32 Å². The summed E-state index contributed by atoms with van der Waals surface area (Å²) in [6, 6.07) is 3.08. The number of halogens is 1. The topological polar surface area (TPSA) is 90.3 Å². The Labute approximate surface area is 201 Å². The minimum Gasteiger partial charge on any atom is -0.460 e. The Balaban J connectivity index is 1.68. The van der Waals surface area contributed by atoms with Crippen LogP contribution < -0.4 is 10.9 Å². The maximum absolute atomic E-state index is 14.9. The van der Waals surface area contributed by atoms with Crippen molar-refractivity contribution >= 4 is 22.8 Å². The van der Waals surface area contributed by atoms with Crippen molar-refractivity contribution in [3.05, 3.63) is 61.7 Å². The lowest BCUT2D eigenvalue weighted by Gasteiger charge is -2.33. The van der Waals surface area contributed by atoms with E-state index >= 15 is 0 Å². The molecule has 0 radical (unpaired) electrons. The average molecular weight is 476 g/mol. The summed E-state index contributed by atoms with van der Waals surface area (Å²) in [5, 5.41) is 3.93. The molecule has 6 rings (SSSR count). The number of cyclic esters (lactones) is 1. The Kier molecular flexibility index (Phi) is 4.53. The summed E-state index contributed by atoms with van der Waals surface area (Å²) < 4.78 is 21.9. The van der Waals surface area contributed by atoms with E-state index in [1.165, 1.54) is 13.0 Å². The fourth-order valence-electron chi connectivity index (χ4n) is 6.11. The summed E-state index contributed by atoms with van der Waals surface area (Å²) in [5.41, 5.74) is 5.06. The predicted octanol–water partition coefficient (Wildman–Crippen LogP) is 3.72. The quantitative estimate of drug-likeness (QED) is 0.447. The van der Waals surface area contributed by atoms with E-state index in [9.17, 15) is 18.8 Å². The van der Waals surface area contributed by atoms with E-state index in [0.29, 0.717) is 59.4 Å². The number of carbonyl (C=O) groups excluding carboxylic acids is 2. The van der Waals surface area contributed by atoms with Crippen LogP contribution in [0.15, 0.2) is 16.9 Å². The van der Waals surface area contributed by atoms with Crippen molar-refractivity contribution < 1.29 is 18.7 Å². The lowest BCUT2D eigenvalue weighted by atomic mass is 9.76. The molecular formula is C27H26FN3O4. The Bertz CT molecular complexity index is 1560. The highest BCUT2D eigenvalue weighted by Gasteiger charge is 2.43. The first-order chi connectivity index (χ1) is 16.7. The van der Waals surface area contributed by atoms with Gasteiger partial charge in [0.05, 0.1) is 40.5 Å². The van der Waals surface area contributed by atoms with Crippen molar-refractivity contribution in [2.45, 2.75) is 71.6 Å². The first-order valence-corrected chi connectivity index (χ1v) is 12.0. The monoisotopic (exact) mass is 475 g/mol. The van der Waals surface area contributed by atoms with Gasteiger partial charge in [0.1, 0.15) is 12.4 Å². The number of fused-ring (bicyclic) bond motifs is 5. The van der Waals surface area contributed by atoms with Crippen LogP contribution in [0.3, 0.4) is 0 Å². The first-order valence-electron chi connectivity index (χ1n) is 12.0. The summed E-state index contributed by atoms with van der Waals surface area (Å²) in [5.74, 6) is -0.802. The highest BCUT2D eigenvalue weighted by atomic mass is 19.1. The van der Waals surface area contributed by atoms with Crippen molar-refractivity contribution in [2.24, 2.45) is 0 Å². The van der Waals surface area contributed by atoms with Gasteiger partial charge < -0.3 is 14.6 Å². The number of nitrogens with one attached hydrogen (secondary N) is 1. The van der Waals surface area contributed by atoms with E-state index in [1.807, 2.05) is 13.0 Å². The van der Waals surface area contributed by atoms with Crippen molar-refractivity contribution in [2.75, 3.05) is 0 Å². The molecule has 3 aromatic rings. The molecule has 2 aliphatic heterocycles. The molecule has 0 saturated heterocycles. The zero-order valence-electron chi connectivity index (χ0n) is 20.2. The third-order valence-electron chi connectivity index (χ3n) is 8.21. The van der Waals surface area contributed by atoms with Crippen LogP contribution in [0.4, 0.5) is 4.39 Å². The molecule has 4 heterocycles. The van der Waals surface area contributed by atoms with Crippen LogP contribution in [-0.2, 0) is 39.3 Å². The van der Waals surface area contributed by atoms with Crippen molar-refractivity contribution in [3.8, 4) is 11.4 Å². The number of ether oxygens (including phenoxy) is 1. The van der Waals surface area contributed by atoms with Gasteiger partial charge in [0.2, 0.25) is 5.91 Å². The van der Waals surface area contributed by atoms with Gasteiger partial charge in [0, 0.05) is 23.9 Å². The third kappa shape index (κ3) is 2.82. The second-order valence-electron chi connectivity index (χ2n) is 10.1. The van der Waals surface area contributed by atoms with Crippen LogP contribution in [0.25, 0.3) is 22.3 Å². The molecule has 0 spiro atoms. The molecule has 35 heavy (non-hydrogen) atoms. The molecule has 2 aromatic heterocycles. The number of rotatable bonds is 2. The van der Waals surface area contributed by atoms with E-state index in [-0.39, 0.29) is 35.9 Å². The number of amides is 1. The fraction of sp³-hybridized carbons (Fsp3) is 0.407. The second kappa shape index (κ2) is 7.23. The number of benzene rings is 1. The van der Waals surface area contributed by atoms with E-state index in [4.69, 9.17) is 9.72 Å². The van der Waals surface area contributed by atoms with Crippen LogP contribution in [0.2, 0.25) is 0 Å². The fourth-order valence-corrected chi connectivity index (χ4v) is 6.11. The molecule has 1 aliphatic carbocycles. The standard InChI is InChI=1S/C27H26FN3O4/c1-5-27(4)17-8-21-24-15(10-31(21)25(33)16(17)11-35-26(27)34)23-19(29-13(3)32)7-6-14-12(2)18(28)9-20(30-24)22(14)23/h8-9,19H,5-7,10-11H2,1-4H3,(H,29,32)/t19-,27+/m0/s1. The Morgan fingerprint density at radius 3 is 2.77 bits per heavy atom. The number of carbonyl (C=O) groups is 2. The molecule has 8 heteroatoms. The molecule has 2 atom stereocenters. The van der Waals surface area contributed by atoms with Crippen molar-refractivity contribution in [3.63, 3.8) is 0 Å². The first kappa shape index (κ1) is 21.9. The van der Waals surface area contributed by atoms with Gasteiger partial charge in [-0.2, -0.15) is 0 Å². The van der Waals surface area contributed by atoms with Crippen LogP contribution in [0.1, 0.15) is 73.0 Å². The van der Waals surface area contributed by atoms with Gasteiger partial charge in [0.25, 0.3) is 5.56 Å². The Morgan fingerprint density at radius 1 is 1.29 bits per heavy atom. The molecule has 180 valence electrons. The van der Waals surface area contributed by atoms with Crippen LogP contribution in [0.5, 0.6) is 0 Å². The summed E-state index contributed by atoms with van der Waals surface area (Å²) >= 11 is 0. The molecule has 0 saturated carbocycles. The number of aryl methyl sites for hydroxylation is 1. The van der Waals surface area contributed by atoms with Crippen molar-refractivity contribution in [1.82, 2.24) is 14.9 Å². The van der Waals surface area contributed by atoms with Gasteiger partial charge in [-0.05, 0) is 61.4 Å². The molecule has 1 N–H and O–H groups in total. The average Bonchev–Trinajstić information content (AvgIpc) is 3.19.